The highest BCUT2D eigenvalue weighted by atomic mass is 35.5. The molecule has 7 heteroatoms. The molecular formula is C27H43ClN4O2. The molecule has 1 unspecified atom stereocenters. The van der Waals surface area contributed by atoms with Gasteiger partial charge < -0.3 is 20.6 Å². The van der Waals surface area contributed by atoms with Gasteiger partial charge in [0.25, 0.3) is 0 Å². The summed E-state index contributed by atoms with van der Waals surface area (Å²) in [6.45, 7) is 17.3. The molecule has 0 aromatic heterocycles. The van der Waals surface area contributed by atoms with Crippen LogP contribution in [0.2, 0.25) is 5.02 Å². The molecule has 1 aromatic carbocycles. The Kier molecular flexibility index (Phi) is 8.06. The molecule has 34 heavy (non-hydrogen) atoms. The first-order valence-electron chi connectivity index (χ1n) is 12.6. The van der Waals surface area contributed by atoms with Crippen molar-refractivity contribution in [1.82, 2.24) is 15.5 Å². The van der Waals surface area contributed by atoms with Gasteiger partial charge in [0.15, 0.2) is 0 Å². The summed E-state index contributed by atoms with van der Waals surface area (Å²) >= 11 is 6.06. The van der Waals surface area contributed by atoms with Gasteiger partial charge in [-0.3, -0.25) is 9.79 Å². The number of halogens is 1. The van der Waals surface area contributed by atoms with Crippen LogP contribution in [0.25, 0.3) is 0 Å². The number of carbonyl (C=O) groups is 1. The first-order chi connectivity index (χ1) is 15.7. The number of carbonyl (C=O) groups excluding carboxylic acids is 1. The van der Waals surface area contributed by atoms with Gasteiger partial charge in [-0.25, -0.2) is 0 Å². The van der Waals surface area contributed by atoms with Crippen molar-refractivity contribution in [1.29, 1.82) is 0 Å². The Morgan fingerprint density at radius 1 is 1.29 bits per heavy atom. The molecule has 3 N–H and O–H groups in total. The van der Waals surface area contributed by atoms with E-state index in [1.807, 2.05) is 43.0 Å². The quantitative estimate of drug-likeness (QED) is 0.558. The number of benzene rings is 1. The van der Waals surface area contributed by atoms with E-state index in [4.69, 9.17) is 11.6 Å². The monoisotopic (exact) mass is 490 g/mol. The molecule has 0 radical (unpaired) electrons. The number of likely N-dealkylation sites (tertiary alicyclic amines) is 1. The Labute approximate surface area is 210 Å². The minimum Gasteiger partial charge on any atom is -0.384 e. The average molecular weight is 491 g/mol. The Morgan fingerprint density at radius 2 is 1.94 bits per heavy atom. The number of hydrogen-bond acceptors (Lipinski definition) is 5. The maximum absolute atomic E-state index is 13.6. The minimum absolute atomic E-state index is 0.00774. The van der Waals surface area contributed by atoms with Crippen LogP contribution in [0.15, 0.2) is 29.3 Å². The van der Waals surface area contributed by atoms with E-state index in [2.05, 4.69) is 50.2 Å². The summed E-state index contributed by atoms with van der Waals surface area (Å²) in [6, 6.07) is 7.41. The number of piperidine rings is 1. The standard InChI is InChI=1S/C27H43ClN4O2/c1-18(2)22(30-16-21-12-14-29-24(31-21)25(3,4)5)23(33)32-15-13-27(34,26(6,7)17-32)19-8-10-20(28)11-9-19/h8-11,18,21-22,30,34H,12-17H2,1-7H3,(H,29,31)/t21?,22-,27+/m1/s1. The smallest absolute Gasteiger partial charge is 0.239 e. The van der Waals surface area contributed by atoms with E-state index in [1.54, 1.807) is 0 Å². The molecule has 1 aromatic rings. The summed E-state index contributed by atoms with van der Waals surface area (Å²) in [6.07, 6.45) is 1.45. The zero-order chi connectivity index (χ0) is 25.3. The molecule has 2 aliphatic rings. The Bertz CT molecular complexity index is 891. The van der Waals surface area contributed by atoms with Crippen molar-refractivity contribution in [3.8, 4) is 0 Å². The fourth-order valence-corrected chi connectivity index (χ4v) is 5.22. The molecule has 0 spiro atoms. The number of aliphatic imine (C=N–C) groups is 1. The molecule has 1 saturated heterocycles. The number of rotatable bonds is 6. The molecule has 6 nitrogen and oxygen atoms in total. The number of amidine groups is 1. The fraction of sp³-hybridized carbons (Fsp3) is 0.704. The highest BCUT2D eigenvalue weighted by Gasteiger charge is 2.50. The van der Waals surface area contributed by atoms with Gasteiger partial charge in [-0.15, -0.1) is 0 Å². The molecule has 1 amide bonds. The lowest BCUT2D eigenvalue weighted by molar-refractivity contribution is -0.155. The third kappa shape index (κ3) is 5.77. The molecule has 0 bridgehead atoms. The van der Waals surface area contributed by atoms with E-state index in [-0.39, 0.29) is 29.3 Å². The Balaban J connectivity index is 1.66. The second kappa shape index (κ2) is 10.2. The van der Waals surface area contributed by atoms with Gasteiger partial charge in [-0.2, -0.15) is 0 Å². The van der Waals surface area contributed by atoms with Crippen LogP contribution in [0, 0.1) is 16.7 Å². The molecule has 3 atom stereocenters. The second-order valence-electron chi connectivity index (χ2n) is 12.0. The van der Waals surface area contributed by atoms with Crippen molar-refractivity contribution in [2.24, 2.45) is 21.7 Å². The summed E-state index contributed by atoms with van der Waals surface area (Å²) in [5.74, 6) is 1.31. The highest BCUT2D eigenvalue weighted by molar-refractivity contribution is 6.30. The number of hydrogen-bond donors (Lipinski definition) is 3. The Morgan fingerprint density at radius 3 is 2.50 bits per heavy atom. The molecule has 0 aliphatic carbocycles. The second-order valence-corrected chi connectivity index (χ2v) is 12.4. The lowest BCUT2D eigenvalue weighted by Gasteiger charge is -2.51. The van der Waals surface area contributed by atoms with Crippen molar-refractivity contribution in [2.45, 2.75) is 79.0 Å². The topological polar surface area (TPSA) is 77.0 Å². The maximum atomic E-state index is 13.6. The van der Waals surface area contributed by atoms with Crippen LogP contribution in [0.4, 0.5) is 0 Å². The van der Waals surface area contributed by atoms with Crippen LogP contribution >= 0.6 is 11.6 Å². The molecule has 2 heterocycles. The van der Waals surface area contributed by atoms with E-state index in [1.165, 1.54) is 0 Å². The van der Waals surface area contributed by atoms with Gasteiger partial charge >= 0.3 is 0 Å². The minimum atomic E-state index is -1.01. The summed E-state index contributed by atoms with van der Waals surface area (Å²) in [7, 11) is 0. The van der Waals surface area contributed by atoms with Crippen LogP contribution in [0.5, 0.6) is 0 Å². The van der Waals surface area contributed by atoms with Gasteiger partial charge in [-0.05, 0) is 36.5 Å². The SMILES string of the molecule is CC(C)[C@@H](NCC1CCN=C(C(C)(C)C)N1)C(=O)N1CC[C@](O)(c2ccc(Cl)cc2)C(C)(C)C1. The van der Waals surface area contributed by atoms with E-state index >= 15 is 0 Å². The van der Waals surface area contributed by atoms with E-state index in [9.17, 15) is 9.90 Å². The van der Waals surface area contributed by atoms with Gasteiger partial charge in [0.2, 0.25) is 5.91 Å². The number of nitrogens with zero attached hydrogens (tertiary/aromatic N) is 2. The molecule has 190 valence electrons. The maximum Gasteiger partial charge on any atom is 0.239 e. The third-order valence-corrected chi connectivity index (χ3v) is 7.65. The summed E-state index contributed by atoms with van der Waals surface area (Å²) in [5.41, 5.74) is -0.665. The third-order valence-electron chi connectivity index (χ3n) is 7.40. The van der Waals surface area contributed by atoms with Gasteiger partial charge in [0.1, 0.15) is 5.84 Å². The number of amides is 1. The Hall–Kier alpha value is -1.63. The molecular weight excluding hydrogens is 448 g/mol. The van der Waals surface area contributed by atoms with Crippen molar-refractivity contribution >= 4 is 23.3 Å². The molecule has 3 rings (SSSR count). The van der Waals surface area contributed by atoms with Crippen molar-refractivity contribution in [3.63, 3.8) is 0 Å². The van der Waals surface area contributed by atoms with Gasteiger partial charge in [0, 0.05) is 48.1 Å². The van der Waals surface area contributed by atoms with Gasteiger partial charge in [-0.1, -0.05) is 72.2 Å². The van der Waals surface area contributed by atoms with Crippen LogP contribution in [-0.4, -0.2) is 60.0 Å². The summed E-state index contributed by atoms with van der Waals surface area (Å²) in [5, 5.41) is 19.4. The summed E-state index contributed by atoms with van der Waals surface area (Å²) in [4.78, 5) is 20.2. The normalized spacial score (nSPS) is 26.1. The van der Waals surface area contributed by atoms with Crippen molar-refractivity contribution in [2.75, 3.05) is 26.2 Å². The summed E-state index contributed by atoms with van der Waals surface area (Å²) < 4.78 is 0. The zero-order valence-corrected chi connectivity index (χ0v) is 22.7. The molecule has 2 aliphatic heterocycles. The molecule has 1 fully saturated rings. The molecule has 0 saturated carbocycles. The van der Waals surface area contributed by atoms with Crippen LogP contribution in [0.3, 0.4) is 0 Å². The highest BCUT2D eigenvalue weighted by Crippen LogP contribution is 2.46. The average Bonchev–Trinajstić information content (AvgIpc) is 2.75. The van der Waals surface area contributed by atoms with Gasteiger partial charge in [0.05, 0.1) is 11.6 Å². The fourth-order valence-electron chi connectivity index (χ4n) is 5.10. The first-order valence-corrected chi connectivity index (χ1v) is 12.9. The zero-order valence-electron chi connectivity index (χ0n) is 21.9. The predicted molar refractivity (Wildman–Crippen MR) is 140 cm³/mol. The van der Waals surface area contributed by atoms with Crippen LogP contribution < -0.4 is 10.6 Å². The number of nitrogens with one attached hydrogen (secondary N) is 2. The van der Waals surface area contributed by atoms with Crippen LogP contribution in [0.1, 0.15) is 66.9 Å². The van der Waals surface area contributed by atoms with E-state index in [0.717, 1.165) is 30.9 Å². The lowest BCUT2D eigenvalue weighted by atomic mass is 9.66. The lowest BCUT2D eigenvalue weighted by Crippen LogP contribution is -2.61. The van der Waals surface area contributed by atoms with Crippen LogP contribution in [-0.2, 0) is 10.4 Å². The first kappa shape index (κ1) is 27.0. The predicted octanol–water partition coefficient (Wildman–Crippen LogP) is 4.21. The van der Waals surface area contributed by atoms with E-state index in [0.29, 0.717) is 24.5 Å². The van der Waals surface area contributed by atoms with E-state index < -0.39 is 11.0 Å². The largest absolute Gasteiger partial charge is 0.384 e. The van der Waals surface area contributed by atoms with Crippen molar-refractivity contribution in [3.05, 3.63) is 34.9 Å². The number of aliphatic hydroxyl groups is 1. The van der Waals surface area contributed by atoms with Crippen molar-refractivity contribution < 1.29 is 9.90 Å².